The number of ether oxygens (including phenoxy) is 1. The van der Waals surface area contributed by atoms with Gasteiger partial charge in [0.1, 0.15) is 0 Å². The highest BCUT2D eigenvalue weighted by atomic mass is 16.5. The number of carboxylic acid groups (broad SMARTS) is 1. The molecule has 0 aliphatic heterocycles. The molecule has 0 radical (unpaired) electrons. The number of hydrogen-bond acceptors (Lipinski definition) is 6. The summed E-state index contributed by atoms with van der Waals surface area (Å²) in [5, 5.41) is 42.3. The zero-order valence-corrected chi connectivity index (χ0v) is 25.3. The lowest BCUT2D eigenvalue weighted by Crippen LogP contribution is -2.62. The number of methoxy groups -OCH3 is 1. The average molecular weight is 539 g/mol. The van der Waals surface area contributed by atoms with Gasteiger partial charge in [-0.15, -0.1) is 0 Å². The van der Waals surface area contributed by atoms with Crippen molar-refractivity contribution >= 4 is 11.9 Å². The van der Waals surface area contributed by atoms with Crippen LogP contribution in [0.4, 0.5) is 0 Å². The molecule has 7 nitrogen and oxygen atoms in total. The maximum atomic E-state index is 12.9. The molecular weight excluding hydrogens is 484 g/mol. The number of aliphatic carboxylic acids is 1. The Morgan fingerprint density at radius 2 is 1.53 bits per heavy atom. The molecule has 0 heterocycles. The molecule has 0 spiro atoms. The SMILES string of the molecule is COC(=O)C(C)(C)[C@@H]1CC[C@]2(C)[C@H](CC[C@@H]3[C@@H]([C@](C)(O)CC[C@@H](O)C(C)(C)O)CC[C@]32C)[C@@]1(C)CC(=O)O. The highest BCUT2D eigenvalue weighted by Gasteiger charge is 2.69. The van der Waals surface area contributed by atoms with Crippen LogP contribution in [0.15, 0.2) is 0 Å². The molecule has 3 aliphatic carbocycles. The molecule has 3 fully saturated rings. The molecule has 0 aromatic rings. The third-order valence-electron chi connectivity index (χ3n) is 12.3. The second-order valence-corrected chi connectivity index (χ2v) is 15.2. The lowest BCUT2D eigenvalue weighted by Gasteiger charge is -2.67. The minimum Gasteiger partial charge on any atom is -0.481 e. The molecule has 3 aliphatic rings. The molecule has 220 valence electrons. The number of hydrogen-bond donors (Lipinski definition) is 4. The Labute approximate surface area is 229 Å². The van der Waals surface area contributed by atoms with Crippen molar-refractivity contribution in [2.45, 2.75) is 130 Å². The van der Waals surface area contributed by atoms with Crippen molar-refractivity contribution in [3.63, 3.8) is 0 Å². The Bertz CT molecular complexity index is 904. The van der Waals surface area contributed by atoms with Gasteiger partial charge in [-0.1, -0.05) is 20.8 Å². The molecule has 0 unspecified atom stereocenters. The Balaban J connectivity index is 1.95. The smallest absolute Gasteiger partial charge is 0.311 e. The third-order valence-corrected chi connectivity index (χ3v) is 12.3. The summed E-state index contributed by atoms with van der Waals surface area (Å²) < 4.78 is 5.18. The summed E-state index contributed by atoms with van der Waals surface area (Å²) in [4.78, 5) is 25.2. The quantitative estimate of drug-likeness (QED) is 0.298. The second kappa shape index (κ2) is 10.0. The predicted octanol–water partition coefficient (Wildman–Crippen LogP) is 5.19. The van der Waals surface area contributed by atoms with Crippen LogP contribution < -0.4 is 0 Å². The highest BCUT2D eigenvalue weighted by Crippen LogP contribution is 2.74. The van der Waals surface area contributed by atoms with Gasteiger partial charge in [-0.25, -0.2) is 0 Å². The Morgan fingerprint density at radius 1 is 0.947 bits per heavy atom. The van der Waals surface area contributed by atoms with E-state index in [2.05, 4.69) is 20.8 Å². The third kappa shape index (κ3) is 4.94. The number of rotatable bonds is 9. The fourth-order valence-corrected chi connectivity index (χ4v) is 9.99. The topological polar surface area (TPSA) is 124 Å². The van der Waals surface area contributed by atoms with Crippen molar-refractivity contribution < 1.29 is 34.8 Å². The van der Waals surface area contributed by atoms with Crippen molar-refractivity contribution in [2.24, 2.45) is 45.3 Å². The summed E-state index contributed by atoms with van der Waals surface area (Å²) in [5.41, 5.74) is -3.73. The molecule has 0 aromatic heterocycles. The second-order valence-electron chi connectivity index (χ2n) is 15.2. The molecule has 9 atom stereocenters. The van der Waals surface area contributed by atoms with Crippen molar-refractivity contribution in [1.29, 1.82) is 0 Å². The number of aliphatic hydroxyl groups is 3. The number of carboxylic acids is 1. The molecule has 7 heteroatoms. The van der Waals surface area contributed by atoms with Crippen LogP contribution in [0.5, 0.6) is 0 Å². The molecule has 4 N–H and O–H groups in total. The zero-order valence-electron chi connectivity index (χ0n) is 25.3. The van der Waals surface area contributed by atoms with Crippen molar-refractivity contribution in [2.75, 3.05) is 7.11 Å². The van der Waals surface area contributed by atoms with Gasteiger partial charge < -0.3 is 25.2 Å². The number of carbonyl (C=O) groups excluding carboxylic acids is 1. The van der Waals surface area contributed by atoms with Gasteiger partial charge in [0.25, 0.3) is 0 Å². The molecule has 3 rings (SSSR count). The van der Waals surface area contributed by atoms with E-state index in [1.165, 1.54) is 7.11 Å². The van der Waals surface area contributed by atoms with E-state index in [-0.39, 0.29) is 46.9 Å². The first-order chi connectivity index (χ1) is 17.2. The lowest BCUT2D eigenvalue weighted by molar-refractivity contribution is -0.207. The van der Waals surface area contributed by atoms with Gasteiger partial charge >= 0.3 is 11.9 Å². The van der Waals surface area contributed by atoms with E-state index in [0.29, 0.717) is 12.8 Å². The summed E-state index contributed by atoms with van der Waals surface area (Å²) in [6.07, 6.45) is 5.18. The number of aliphatic hydroxyl groups excluding tert-OH is 1. The molecular formula is C31H54O7. The van der Waals surface area contributed by atoms with Gasteiger partial charge in [-0.2, -0.15) is 0 Å². The largest absolute Gasteiger partial charge is 0.481 e. The fourth-order valence-electron chi connectivity index (χ4n) is 9.99. The van der Waals surface area contributed by atoms with E-state index in [1.807, 2.05) is 20.8 Å². The van der Waals surface area contributed by atoms with Crippen LogP contribution in [-0.2, 0) is 14.3 Å². The predicted molar refractivity (Wildman–Crippen MR) is 146 cm³/mol. The Hall–Kier alpha value is -1.18. The van der Waals surface area contributed by atoms with Gasteiger partial charge in [0.05, 0.1) is 36.3 Å². The summed E-state index contributed by atoms with van der Waals surface area (Å²) in [6, 6.07) is 0. The molecule has 38 heavy (non-hydrogen) atoms. The van der Waals surface area contributed by atoms with E-state index in [4.69, 9.17) is 4.74 Å². The maximum Gasteiger partial charge on any atom is 0.311 e. The molecule has 0 saturated heterocycles. The standard InChI is InChI=1S/C31H54O7/c1-26(2,25(35)38-9)21-13-16-30(7)22(28(21,5)18-24(33)34)11-10-19-20(12-15-29(19,30)6)31(8,37)17-14-23(32)27(3,4)36/h19-23,32,36-37H,10-18H2,1-9H3,(H,33,34)/t19-,20+,21+,22-,23-,28+,29-,30-,31-/m1/s1. The first kappa shape index (κ1) is 31.3. The monoisotopic (exact) mass is 538 g/mol. The van der Waals surface area contributed by atoms with Crippen LogP contribution in [0, 0.1) is 45.3 Å². The van der Waals surface area contributed by atoms with Crippen molar-refractivity contribution in [3.8, 4) is 0 Å². The van der Waals surface area contributed by atoms with Crippen LogP contribution in [0.25, 0.3) is 0 Å². The minimum atomic E-state index is -1.21. The van der Waals surface area contributed by atoms with E-state index < -0.39 is 34.1 Å². The van der Waals surface area contributed by atoms with E-state index in [9.17, 15) is 30.0 Å². The van der Waals surface area contributed by atoms with Crippen LogP contribution in [0.1, 0.15) is 113 Å². The highest BCUT2D eigenvalue weighted by molar-refractivity contribution is 5.76. The molecule has 0 amide bonds. The van der Waals surface area contributed by atoms with Crippen molar-refractivity contribution in [1.82, 2.24) is 0 Å². The maximum absolute atomic E-state index is 12.9. The van der Waals surface area contributed by atoms with E-state index in [1.54, 1.807) is 13.8 Å². The van der Waals surface area contributed by atoms with Crippen LogP contribution in [0.2, 0.25) is 0 Å². The first-order valence-corrected chi connectivity index (χ1v) is 14.6. The van der Waals surface area contributed by atoms with Crippen LogP contribution in [0.3, 0.4) is 0 Å². The van der Waals surface area contributed by atoms with Gasteiger partial charge in [0, 0.05) is 0 Å². The molecule has 0 bridgehead atoms. The average Bonchev–Trinajstić information content (AvgIpc) is 3.14. The summed E-state index contributed by atoms with van der Waals surface area (Å²) in [5.74, 6) is -0.720. The molecule has 0 aromatic carbocycles. The van der Waals surface area contributed by atoms with Gasteiger partial charge in [-0.05, 0) is 126 Å². The zero-order chi connectivity index (χ0) is 29.1. The fraction of sp³-hybridized carbons (Fsp3) is 0.935. The Morgan fingerprint density at radius 3 is 2.05 bits per heavy atom. The minimum absolute atomic E-state index is 0.0229. The van der Waals surface area contributed by atoms with Crippen LogP contribution >= 0.6 is 0 Å². The summed E-state index contributed by atoms with van der Waals surface area (Å²) in [6.45, 7) is 15.7. The molecule has 3 saturated carbocycles. The first-order valence-electron chi connectivity index (χ1n) is 14.6. The lowest BCUT2D eigenvalue weighted by atomic mass is 9.37. The number of carbonyl (C=O) groups is 2. The number of esters is 1. The summed E-state index contributed by atoms with van der Waals surface area (Å²) >= 11 is 0. The summed E-state index contributed by atoms with van der Waals surface area (Å²) in [7, 11) is 1.41. The van der Waals surface area contributed by atoms with Gasteiger partial charge in [0.15, 0.2) is 0 Å². The van der Waals surface area contributed by atoms with Gasteiger partial charge in [-0.3, -0.25) is 9.59 Å². The van der Waals surface area contributed by atoms with Crippen molar-refractivity contribution in [3.05, 3.63) is 0 Å². The Kier molecular flexibility index (Phi) is 8.27. The van der Waals surface area contributed by atoms with Gasteiger partial charge in [0.2, 0.25) is 0 Å². The van der Waals surface area contributed by atoms with E-state index in [0.717, 1.165) is 38.5 Å². The van der Waals surface area contributed by atoms with E-state index >= 15 is 0 Å². The normalized spacial score (nSPS) is 40.0. The number of fused-ring (bicyclic) bond motifs is 3. The van der Waals surface area contributed by atoms with Crippen LogP contribution in [-0.4, -0.2) is 56.8 Å².